The summed E-state index contributed by atoms with van der Waals surface area (Å²) in [6.07, 6.45) is 0. The molecule has 0 aliphatic carbocycles. The van der Waals surface area contributed by atoms with E-state index in [1.165, 1.54) is 11.3 Å². The summed E-state index contributed by atoms with van der Waals surface area (Å²) in [6, 6.07) is 4.69. The Morgan fingerprint density at radius 3 is 2.80 bits per heavy atom. The Bertz CT molecular complexity index is 674. The number of nitro groups is 1. The van der Waals surface area contributed by atoms with Gasteiger partial charge in [0, 0.05) is 14.7 Å². The van der Waals surface area contributed by atoms with Gasteiger partial charge in [0.25, 0.3) is 11.6 Å². The van der Waals surface area contributed by atoms with Crippen LogP contribution in [0.4, 0.5) is 10.1 Å². The van der Waals surface area contributed by atoms with E-state index in [1.807, 2.05) is 11.4 Å². The number of amides is 1. The smallest absolute Gasteiger partial charge is 0.285 e. The molecule has 8 heteroatoms. The first-order valence-corrected chi connectivity index (χ1v) is 7.09. The Labute approximate surface area is 125 Å². The van der Waals surface area contributed by atoms with E-state index in [1.54, 1.807) is 0 Å². The fourth-order valence-electron chi connectivity index (χ4n) is 1.56. The van der Waals surface area contributed by atoms with Crippen LogP contribution in [0.3, 0.4) is 0 Å². The van der Waals surface area contributed by atoms with Crippen LogP contribution in [0.5, 0.6) is 0 Å². The van der Waals surface area contributed by atoms with E-state index in [0.717, 1.165) is 27.5 Å². The number of carbonyl (C=O) groups excluding carboxylic acids is 1. The second-order valence-electron chi connectivity index (χ2n) is 3.83. The zero-order valence-electron chi connectivity index (χ0n) is 9.93. The number of nitrogens with zero attached hydrogens (tertiary/aromatic N) is 1. The minimum Gasteiger partial charge on any atom is -0.347 e. The molecule has 0 fully saturated rings. The first-order valence-electron chi connectivity index (χ1n) is 5.42. The number of carbonyl (C=O) groups is 1. The summed E-state index contributed by atoms with van der Waals surface area (Å²) in [7, 11) is 0. The Morgan fingerprint density at radius 1 is 1.45 bits per heavy atom. The summed E-state index contributed by atoms with van der Waals surface area (Å²) in [5.41, 5.74) is -0.707. The normalized spacial score (nSPS) is 10.3. The van der Waals surface area contributed by atoms with Crippen molar-refractivity contribution in [3.63, 3.8) is 0 Å². The predicted molar refractivity (Wildman–Crippen MR) is 76.2 cm³/mol. The summed E-state index contributed by atoms with van der Waals surface area (Å²) in [6.45, 7) is 0.254. The topological polar surface area (TPSA) is 72.2 Å². The van der Waals surface area contributed by atoms with E-state index in [4.69, 9.17) is 0 Å². The third-order valence-electron chi connectivity index (χ3n) is 2.45. The molecule has 5 nitrogen and oxygen atoms in total. The number of nitro benzene ring substituents is 1. The van der Waals surface area contributed by atoms with Gasteiger partial charge in [0.1, 0.15) is 11.4 Å². The first kappa shape index (κ1) is 14.6. The van der Waals surface area contributed by atoms with Gasteiger partial charge in [-0.15, -0.1) is 11.3 Å². The van der Waals surface area contributed by atoms with Gasteiger partial charge in [-0.25, -0.2) is 4.39 Å². The molecule has 1 N–H and O–H groups in total. The van der Waals surface area contributed by atoms with Crippen LogP contribution in [0.2, 0.25) is 0 Å². The second kappa shape index (κ2) is 6.10. The van der Waals surface area contributed by atoms with E-state index >= 15 is 0 Å². The van der Waals surface area contributed by atoms with Crippen LogP contribution < -0.4 is 5.32 Å². The average molecular weight is 359 g/mol. The lowest BCUT2D eigenvalue weighted by molar-refractivity contribution is -0.385. The van der Waals surface area contributed by atoms with E-state index in [9.17, 15) is 19.3 Å². The van der Waals surface area contributed by atoms with Crippen molar-refractivity contribution in [2.45, 2.75) is 6.54 Å². The van der Waals surface area contributed by atoms with Crippen LogP contribution >= 0.6 is 27.3 Å². The fraction of sp³-hybridized carbons (Fsp3) is 0.0833. The summed E-state index contributed by atoms with van der Waals surface area (Å²) in [4.78, 5) is 22.8. The number of hydrogen-bond donors (Lipinski definition) is 1. The number of rotatable bonds is 4. The van der Waals surface area contributed by atoms with Crippen molar-refractivity contribution >= 4 is 38.9 Å². The highest BCUT2D eigenvalue weighted by atomic mass is 79.9. The number of hydrogen-bond acceptors (Lipinski definition) is 4. The maximum absolute atomic E-state index is 13.0. The predicted octanol–water partition coefficient (Wildman–Crippen LogP) is 3.49. The summed E-state index contributed by atoms with van der Waals surface area (Å²) in [5, 5.41) is 15.2. The van der Waals surface area contributed by atoms with Crippen LogP contribution in [0.15, 0.2) is 34.1 Å². The molecule has 0 bridgehead atoms. The Kier molecular flexibility index (Phi) is 4.46. The molecule has 0 radical (unpaired) electrons. The molecule has 0 aliphatic rings. The van der Waals surface area contributed by atoms with E-state index in [2.05, 4.69) is 21.2 Å². The Morgan fingerprint density at radius 2 is 2.20 bits per heavy atom. The number of thiophene rings is 1. The maximum Gasteiger partial charge on any atom is 0.285 e. The third kappa shape index (κ3) is 3.40. The van der Waals surface area contributed by atoms with Crippen molar-refractivity contribution in [2.75, 3.05) is 0 Å². The minimum absolute atomic E-state index is 0.160. The summed E-state index contributed by atoms with van der Waals surface area (Å²) in [5.74, 6) is -1.36. The quantitative estimate of drug-likeness (QED) is 0.671. The van der Waals surface area contributed by atoms with Gasteiger partial charge in [-0.2, -0.15) is 0 Å². The van der Waals surface area contributed by atoms with Crippen LogP contribution in [0, 0.1) is 15.9 Å². The van der Waals surface area contributed by atoms with Crippen molar-refractivity contribution < 1.29 is 14.1 Å². The molecular formula is C12H8BrFN2O3S. The number of benzene rings is 1. The van der Waals surface area contributed by atoms with Crippen LogP contribution in [-0.4, -0.2) is 10.8 Å². The molecule has 0 atom stereocenters. The molecule has 2 rings (SSSR count). The minimum atomic E-state index is -0.778. The van der Waals surface area contributed by atoms with Gasteiger partial charge in [0.15, 0.2) is 0 Å². The van der Waals surface area contributed by atoms with Gasteiger partial charge in [0.05, 0.1) is 17.5 Å². The summed E-state index contributed by atoms with van der Waals surface area (Å²) >= 11 is 4.73. The standard InChI is InChI=1S/C12H8BrFN2O3S/c13-7-3-9(20-6-7)5-15-12(17)10-2-1-8(14)4-11(10)16(18)19/h1-4,6H,5H2,(H,15,17). The van der Waals surface area contributed by atoms with Gasteiger partial charge >= 0.3 is 0 Å². The monoisotopic (exact) mass is 358 g/mol. The van der Waals surface area contributed by atoms with Gasteiger partial charge in [-0.3, -0.25) is 14.9 Å². The van der Waals surface area contributed by atoms with E-state index < -0.39 is 22.3 Å². The molecule has 20 heavy (non-hydrogen) atoms. The van der Waals surface area contributed by atoms with Gasteiger partial charge in [-0.1, -0.05) is 0 Å². The Balaban J connectivity index is 2.15. The van der Waals surface area contributed by atoms with Crippen LogP contribution in [0.25, 0.3) is 0 Å². The maximum atomic E-state index is 13.0. The lowest BCUT2D eigenvalue weighted by Gasteiger charge is -2.04. The molecule has 0 aliphatic heterocycles. The van der Waals surface area contributed by atoms with Crippen molar-refractivity contribution in [1.29, 1.82) is 0 Å². The number of halogens is 2. The van der Waals surface area contributed by atoms with Gasteiger partial charge in [0.2, 0.25) is 0 Å². The fourth-order valence-corrected chi connectivity index (χ4v) is 2.95. The van der Waals surface area contributed by atoms with Crippen LogP contribution in [0.1, 0.15) is 15.2 Å². The van der Waals surface area contributed by atoms with Crippen LogP contribution in [-0.2, 0) is 6.54 Å². The number of nitrogens with one attached hydrogen (secondary N) is 1. The average Bonchev–Trinajstić information content (AvgIpc) is 2.81. The SMILES string of the molecule is O=C(NCc1cc(Br)cs1)c1ccc(F)cc1[N+](=O)[O-]. The highest BCUT2D eigenvalue weighted by molar-refractivity contribution is 9.10. The zero-order chi connectivity index (χ0) is 14.7. The van der Waals surface area contributed by atoms with Crippen molar-refractivity contribution in [3.8, 4) is 0 Å². The highest BCUT2D eigenvalue weighted by Gasteiger charge is 2.20. The second-order valence-corrected chi connectivity index (χ2v) is 5.74. The molecule has 1 aromatic carbocycles. The molecule has 1 aromatic heterocycles. The van der Waals surface area contributed by atoms with Crippen molar-refractivity contribution in [3.05, 3.63) is 60.5 Å². The molecule has 0 saturated carbocycles. The molecule has 1 amide bonds. The van der Waals surface area contributed by atoms with Gasteiger partial charge < -0.3 is 5.32 Å². The Hall–Kier alpha value is -1.80. The largest absolute Gasteiger partial charge is 0.347 e. The molecule has 0 saturated heterocycles. The van der Waals surface area contributed by atoms with Crippen molar-refractivity contribution in [2.24, 2.45) is 0 Å². The van der Waals surface area contributed by atoms with Crippen molar-refractivity contribution in [1.82, 2.24) is 5.32 Å². The summed E-state index contributed by atoms with van der Waals surface area (Å²) < 4.78 is 13.9. The molecule has 1 heterocycles. The molecule has 0 spiro atoms. The lowest BCUT2D eigenvalue weighted by atomic mass is 10.1. The van der Waals surface area contributed by atoms with Gasteiger partial charge in [-0.05, 0) is 34.1 Å². The lowest BCUT2D eigenvalue weighted by Crippen LogP contribution is -2.23. The zero-order valence-corrected chi connectivity index (χ0v) is 12.3. The van der Waals surface area contributed by atoms with E-state index in [0.29, 0.717) is 0 Å². The molecule has 2 aromatic rings. The van der Waals surface area contributed by atoms with E-state index in [-0.39, 0.29) is 12.1 Å². The highest BCUT2D eigenvalue weighted by Crippen LogP contribution is 2.21. The molecule has 0 unspecified atom stereocenters. The first-order chi connectivity index (χ1) is 9.47. The molecule has 104 valence electrons. The molecular weight excluding hydrogens is 351 g/mol. The third-order valence-corrected chi connectivity index (χ3v) is 4.14.